The van der Waals surface area contributed by atoms with Crippen LogP contribution in [-0.2, 0) is 23.0 Å². The van der Waals surface area contributed by atoms with Gasteiger partial charge in [0.2, 0.25) is 10.0 Å². The molecule has 29 heavy (non-hydrogen) atoms. The molecule has 0 aliphatic carbocycles. The van der Waals surface area contributed by atoms with E-state index in [2.05, 4.69) is 17.6 Å². The molecule has 0 aliphatic rings. The first-order valence-electron chi connectivity index (χ1n) is 9.92. The molecule has 0 aliphatic heterocycles. The van der Waals surface area contributed by atoms with E-state index in [1.165, 1.54) is 0 Å². The van der Waals surface area contributed by atoms with E-state index in [0.717, 1.165) is 41.8 Å². The van der Waals surface area contributed by atoms with Gasteiger partial charge in [0.25, 0.3) is 0 Å². The lowest BCUT2D eigenvalue weighted by Crippen LogP contribution is -2.19. The molecule has 2 aromatic rings. The average Bonchev–Trinajstić information content (AvgIpc) is 2.64. The number of hydrogen-bond donors (Lipinski definition) is 3. The van der Waals surface area contributed by atoms with E-state index in [1.54, 1.807) is 6.07 Å². The maximum atomic E-state index is 12.3. The zero-order chi connectivity index (χ0) is 21.9. The predicted molar refractivity (Wildman–Crippen MR) is 123 cm³/mol. The van der Waals surface area contributed by atoms with Crippen LogP contribution in [-0.4, -0.2) is 48.1 Å². The summed E-state index contributed by atoms with van der Waals surface area (Å²) in [4.78, 5) is 2.22. The summed E-state index contributed by atoms with van der Waals surface area (Å²) in [7, 11) is 3.84. The Morgan fingerprint density at radius 2 is 1.66 bits per heavy atom. The fourth-order valence-electron chi connectivity index (χ4n) is 2.95. The smallest absolute Gasteiger partial charge is 0.238 e. The maximum Gasteiger partial charge on any atom is 0.238 e. The maximum absolute atomic E-state index is 12.3. The molecule has 162 valence electrons. The van der Waals surface area contributed by atoms with Gasteiger partial charge in [0.1, 0.15) is 0 Å². The SMILES string of the molecule is CCCCNc1cc(CN(C)C)cc(S(N)(=O)=O)c1Cc1ccccc1.CNC. The highest BCUT2D eigenvalue weighted by Crippen LogP contribution is 2.29. The third kappa shape index (κ3) is 8.95. The van der Waals surface area contributed by atoms with Crippen LogP contribution in [0.25, 0.3) is 0 Å². The number of nitrogens with two attached hydrogens (primary N) is 1. The topological polar surface area (TPSA) is 87.5 Å². The van der Waals surface area contributed by atoms with Gasteiger partial charge in [0, 0.05) is 25.2 Å². The standard InChI is InChI=1S/C20H29N3O2S.C2H7N/c1-4-5-11-22-19-13-17(15-23(2)3)14-20(26(21,24)25)18(19)12-16-9-7-6-8-10-16;1-3-2/h6-10,13-14,22H,4-5,11-12,15H2,1-3H3,(H2,21,24,25);3H,1-2H3. The second-order valence-corrected chi connectivity index (χ2v) is 8.88. The number of benzene rings is 2. The minimum absolute atomic E-state index is 0.208. The Morgan fingerprint density at radius 3 is 2.17 bits per heavy atom. The van der Waals surface area contributed by atoms with Gasteiger partial charge in [-0.25, -0.2) is 13.6 Å². The van der Waals surface area contributed by atoms with Gasteiger partial charge < -0.3 is 15.5 Å². The van der Waals surface area contributed by atoms with Crippen molar-refractivity contribution < 1.29 is 8.42 Å². The Bertz CT molecular complexity index is 837. The lowest BCUT2D eigenvalue weighted by atomic mass is 10.0. The van der Waals surface area contributed by atoms with Gasteiger partial charge in [0.15, 0.2) is 0 Å². The second kappa shape index (κ2) is 12.6. The van der Waals surface area contributed by atoms with Gasteiger partial charge in [-0.05, 0) is 63.4 Å². The van der Waals surface area contributed by atoms with Crippen molar-refractivity contribution in [1.82, 2.24) is 10.2 Å². The fraction of sp³-hybridized carbons (Fsp3) is 0.455. The second-order valence-electron chi connectivity index (χ2n) is 7.35. The van der Waals surface area contributed by atoms with Crippen molar-refractivity contribution in [3.8, 4) is 0 Å². The van der Waals surface area contributed by atoms with Gasteiger partial charge in [-0.1, -0.05) is 43.7 Å². The van der Waals surface area contributed by atoms with Crippen molar-refractivity contribution in [1.29, 1.82) is 0 Å². The molecule has 2 aromatic carbocycles. The molecule has 0 saturated carbocycles. The Kier molecular flexibility index (Phi) is 10.9. The van der Waals surface area contributed by atoms with Crippen LogP contribution in [0, 0.1) is 0 Å². The molecule has 2 rings (SSSR count). The zero-order valence-electron chi connectivity index (χ0n) is 18.3. The van der Waals surface area contributed by atoms with Gasteiger partial charge in [-0.3, -0.25) is 0 Å². The van der Waals surface area contributed by atoms with Gasteiger partial charge >= 0.3 is 0 Å². The molecule has 0 aromatic heterocycles. The van der Waals surface area contributed by atoms with Crippen LogP contribution in [0.3, 0.4) is 0 Å². The predicted octanol–water partition coefficient (Wildman–Crippen LogP) is 3.03. The van der Waals surface area contributed by atoms with Crippen LogP contribution >= 0.6 is 0 Å². The van der Waals surface area contributed by atoms with Crippen molar-refractivity contribution in [2.24, 2.45) is 5.14 Å². The molecular formula is C22H36N4O2S. The first-order chi connectivity index (χ1) is 13.7. The van der Waals surface area contributed by atoms with E-state index in [1.807, 2.05) is 69.5 Å². The monoisotopic (exact) mass is 420 g/mol. The summed E-state index contributed by atoms with van der Waals surface area (Å²) in [6.45, 7) is 3.58. The van der Waals surface area contributed by atoms with Crippen LogP contribution in [0.2, 0.25) is 0 Å². The van der Waals surface area contributed by atoms with E-state index in [-0.39, 0.29) is 4.90 Å². The van der Waals surface area contributed by atoms with Gasteiger partial charge in [-0.2, -0.15) is 0 Å². The van der Waals surface area contributed by atoms with E-state index in [4.69, 9.17) is 5.14 Å². The molecule has 0 bridgehead atoms. The largest absolute Gasteiger partial charge is 0.385 e. The fourth-order valence-corrected chi connectivity index (χ4v) is 3.79. The van der Waals surface area contributed by atoms with Crippen molar-refractivity contribution in [3.05, 3.63) is 59.2 Å². The average molecular weight is 421 g/mol. The first-order valence-corrected chi connectivity index (χ1v) is 11.5. The lowest BCUT2D eigenvalue weighted by molar-refractivity contribution is 0.402. The highest BCUT2D eigenvalue weighted by atomic mass is 32.2. The molecule has 0 radical (unpaired) electrons. The summed E-state index contributed by atoms with van der Waals surface area (Å²) in [5.41, 5.74) is 3.56. The van der Waals surface area contributed by atoms with E-state index in [0.29, 0.717) is 13.0 Å². The molecule has 0 heterocycles. The zero-order valence-corrected chi connectivity index (χ0v) is 19.1. The minimum atomic E-state index is -3.82. The Labute approximate surface area is 176 Å². The highest BCUT2D eigenvalue weighted by Gasteiger charge is 2.19. The number of sulfonamides is 1. The van der Waals surface area contributed by atoms with Crippen LogP contribution < -0.4 is 15.8 Å². The quantitative estimate of drug-likeness (QED) is 0.543. The number of primary sulfonamides is 1. The Hall–Kier alpha value is -1.93. The summed E-state index contributed by atoms with van der Waals surface area (Å²) >= 11 is 0. The molecule has 0 amide bonds. The molecule has 7 heteroatoms. The molecule has 4 N–H and O–H groups in total. The molecular weight excluding hydrogens is 384 g/mol. The van der Waals surface area contributed by atoms with Crippen LogP contribution in [0.1, 0.15) is 36.5 Å². The van der Waals surface area contributed by atoms with Gasteiger partial charge in [0.05, 0.1) is 4.90 Å². The number of hydrogen-bond acceptors (Lipinski definition) is 5. The van der Waals surface area contributed by atoms with Crippen LogP contribution in [0.15, 0.2) is 47.4 Å². The van der Waals surface area contributed by atoms with Crippen molar-refractivity contribution in [2.45, 2.75) is 37.6 Å². The molecule has 0 atom stereocenters. The van der Waals surface area contributed by atoms with E-state index in [9.17, 15) is 8.42 Å². The molecule has 0 saturated heterocycles. The number of unbranched alkanes of at least 4 members (excludes halogenated alkanes) is 1. The third-order valence-corrected chi connectivity index (χ3v) is 5.12. The number of rotatable bonds is 9. The van der Waals surface area contributed by atoms with E-state index >= 15 is 0 Å². The Morgan fingerprint density at radius 1 is 1.03 bits per heavy atom. The molecule has 0 spiro atoms. The van der Waals surface area contributed by atoms with Crippen LogP contribution in [0.4, 0.5) is 5.69 Å². The third-order valence-electron chi connectivity index (χ3n) is 4.14. The number of nitrogens with zero attached hydrogens (tertiary/aromatic N) is 1. The number of anilines is 1. The summed E-state index contributed by atoms with van der Waals surface area (Å²) in [5.74, 6) is 0. The highest BCUT2D eigenvalue weighted by molar-refractivity contribution is 7.89. The van der Waals surface area contributed by atoms with Crippen molar-refractivity contribution in [2.75, 3.05) is 40.1 Å². The van der Waals surface area contributed by atoms with Crippen LogP contribution in [0.5, 0.6) is 0 Å². The van der Waals surface area contributed by atoms with E-state index < -0.39 is 10.0 Å². The summed E-state index contributed by atoms with van der Waals surface area (Å²) in [5, 5.41) is 11.7. The van der Waals surface area contributed by atoms with Crippen molar-refractivity contribution >= 4 is 15.7 Å². The molecule has 0 unspecified atom stereocenters. The lowest BCUT2D eigenvalue weighted by Gasteiger charge is -2.19. The van der Waals surface area contributed by atoms with Crippen molar-refractivity contribution in [3.63, 3.8) is 0 Å². The number of nitrogens with one attached hydrogen (secondary N) is 2. The summed E-state index contributed by atoms with van der Waals surface area (Å²) < 4.78 is 24.6. The summed E-state index contributed by atoms with van der Waals surface area (Å²) in [6, 6.07) is 13.6. The summed E-state index contributed by atoms with van der Waals surface area (Å²) in [6.07, 6.45) is 2.61. The van der Waals surface area contributed by atoms with Gasteiger partial charge in [-0.15, -0.1) is 0 Å². The Balaban J connectivity index is 0.00000132. The normalized spacial score (nSPS) is 11.1. The first kappa shape index (κ1) is 25.1. The molecule has 0 fully saturated rings. The molecule has 6 nitrogen and oxygen atoms in total. The minimum Gasteiger partial charge on any atom is -0.385 e.